The van der Waals surface area contributed by atoms with Crippen LogP contribution in [-0.4, -0.2) is 15.7 Å². The Bertz CT molecular complexity index is 652. The lowest BCUT2D eigenvalue weighted by Gasteiger charge is -2.09. The highest BCUT2D eigenvalue weighted by atomic mass is 35.5. The van der Waals surface area contributed by atoms with Gasteiger partial charge in [0.25, 0.3) is 5.91 Å². The van der Waals surface area contributed by atoms with Crippen molar-refractivity contribution in [2.24, 2.45) is 7.05 Å². The molecule has 20 heavy (non-hydrogen) atoms. The number of aryl methyl sites for hydroxylation is 1. The smallest absolute Gasteiger partial charge is 0.322 e. The van der Waals surface area contributed by atoms with E-state index in [2.05, 4.69) is 10.4 Å². The third-order valence-electron chi connectivity index (χ3n) is 2.56. The minimum absolute atomic E-state index is 0.0322. The fourth-order valence-corrected chi connectivity index (χ4v) is 1.72. The van der Waals surface area contributed by atoms with Gasteiger partial charge in [0.15, 0.2) is 0 Å². The molecule has 0 radical (unpaired) electrons. The van der Waals surface area contributed by atoms with E-state index in [1.165, 1.54) is 23.0 Å². The van der Waals surface area contributed by atoms with E-state index in [-0.39, 0.29) is 16.4 Å². The first-order chi connectivity index (χ1) is 9.29. The molecule has 0 spiro atoms. The van der Waals surface area contributed by atoms with E-state index >= 15 is 0 Å². The standard InChI is InChI=1S/C12H9ClF3N3O/c1-19-10(13)9(6-17-19)11(20)18-8-4-2-3-7(5-8)12(14,15)16/h2-6H,1H3,(H,18,20). The number of benzene rings is 1. The van der Waals surface area contributed by atoms with Gasteiger partial charge in [-0.1, -0.05) is 17.7 Å². The van der Waals surface area contributed by atoms with E-state index in [0.29, 0.717) is 0 Å². The number of anilines is 1. The van der Waals surface area contributed by atoms with Crippen LogP contribution in [0.1, 0.15) is 15.9 Å². The number of hydrogen-bond donors (Lipinski definition) is 1. The summed E-state index contributed by atoms with van der Waals surface area (Å²) in [6, 6.07) is 4.34. The number of rotatable bonds is 2. The van der Waals surface area contributed by atoms with Crippen LogP contribution < -0.4 is 5.32 Å². The summed E-state index contributed by atoms with van der Waals surface area (Å²) in [7, 11) is 1.55. The Balaban J connectivity index is 2.22. The maximum Gasteiger partial charge on any atom is 0.416 e. The summed E-state index contributed by atoms with van der Waals surface area (Å²) in [4.78, 5) is 11.9. The molecule has 0 aliphatic heterocycles. The van der Waals surface area contributed by atoms with Crippen molar-refractivity contribution < 1.29 is 18.0 Å². The molecule has 1 aromatic carbocycles. The second-order valence-electron chi connectivity index (χ2n) is 4.01. The molecule has 4 nitrogen and oxygen atoms in total. The van der Waals surface area contributed by atoms with E-state index in [1.54, 1.807) is 7.05 Å². The highest BCUT2D eigenvalue weighted by molar-refractivity contribution is 6.33. The summed E-state index contributed by atoms with van der Waals surface area (Å²) in [5.41, 5.74) is -0.719. The molecule has 0 aliphatic carbocycles. The summed E-state index contributed by atoms with van der Waals surface area (Å²) in [5.74, 6) is -0.623. The summed E-state index contributed by atoms with van der Waals surface area (Å²) in [6.45, 7) is 0. The molecular weight excluding hydrogens is 295 g/mol. The fraction of sp³-hybridized carbons (Fsp3) is 0.167. The number of alkyl halides is 3. The van der Waals surface area contributed by atoms with Gasteiger partial charge >= 0.3 is 6.18 Å². The monoisotopic (exact) mass is 303 g/mol. The molecule has 0 unspecified atom stereocenters. The van der Waals surface area contributed by atoms with Crippen LogP contribution in [0.15, 0.2) is 30.5 Å². The molecule has 2 aromatic rings. The van der Waals surface area contributed by atoms with Crippen molar-refractivity contribution in [3.8, 4) is 0 Å². The van der Waals surface area contributed by atoms with Crippen molar-refractivity contribution in [2.75, 3.05) is 5.32 Å². The van der Waals surface area contributed by atoms with Gasteiger partial charge in [-0.05, 0) is 18.2 Å². The highest BCUT2D eigenvalue weighted by Gasteiger charge is 2.30. The maximum atomic E-state index is 12.5. The lowest BCUT2D eigenvalue weighted by atomic mass is 10.2. The van der Waals surface area contributed by atoms with Crippen molar-refractivity contribution in [3.05, 3.63) is 46.7 Å². The summed E-state index contributed by atoms with van der Waals surface area (Å²) < 4.78 is 38.9. The lowest BCUT2D eigenvalue weighted by Crippen LogP contribution is -2.13. The van der Waals surface area contributed by atoms with E-state index in [1.807, 2.05) is 0 Å². The third kappa shape index (κ3) is 2.93. The fourth-order valence-electron chi connectivity index (χ4n) is 1.55. The molecule has 1 N–H and O–H groups in total. The Morgan fingerprint density at radius 3 is 2.65 bits per heavy atom. The Kier molecular flexibility index (Phi) is 3.71. The number of amides is 1. The number of halogens is 4. The lowest BCUT2D eigenvalue weighted by molar-refractivity contribution is -0.137. The van der Waals surface area contributed by atoms with Crippen LogP contribution in [-0.2, 0) is 13.2 Å². The SMILES string of the molecule is Cn1ncc(C(=O)Nc2cccc(C(F)(F)F)c2)c1Cl. The summed E-state index contributed by atoms with van der Waals surface area (Å²) >= 11 is 5.83. The first kappa shape index (κ1) is 14.4. The molecule has 0 saturated carbocycles. The van der Waals surface area contributed by atoms with Crippen molar-refractivity contribution in [1.29, 1.82) is 0 Å². The van der Waals surface area contributed by atoms with Gasteiger partial charge in [-0.15, -0.1) is 0 Å². The van der Waals surface area contributed by atoms with E-state index in [9.17, 15) is 18.0 Å². The number of carbonyl (C=O) groups excluding carboxylic acids is 1. The Labute approximate surface area is 117 Å². The van der Waals surface area contributed by atoms with Gasteiger partial charge in [0.05, 0.1) is 17.3 Å². The van der Waals surface area contributed by atoms with E-state index < -0.39 is 17.6 Å². The van der Waals surface area contributed by atoms with Crippen LogP contribution in [0, 0.1) is 0 Å². The van der Waals surface area contributed by atoms with Gasteiger partial charge in [-0.2, -0.15) is 18.3 Å². The van der Waals surface area contributed by atoms with Crippen LogP contribution in [0.25, 0.3) is 0 Å². The van der Waals surface area contributed by atoms with Gasteiger partial charge in [0, 0.05) is 12.7 Å². The van der Waals surface area contributed by atoms with Gasteiger partial charge in [0.1, 0.15) is 5.15 Å². The van der Waals surface area contributed by atoms with Crippen LogP contribution in [0.5, 0.6) is 0 Å². The molecule has 0 bridgehead atoms. The van der Waals surface area contributed by atoms with Crippen LogP contribution in [0.2, 0.25) is 5.15 Å². The third-order valence-corrected chi connectivity index (χ3v) is 3.01. The number of nitrogens with zero attached hydrogens (tertiary/aromatic N) is 2. The molecule has 106 valence electrons. The number of aromatic nitrogens is 2. The minimum atomic E-state index is -4.47. The average Bonchev–Trinajstić information content (AvgIpc) is 2.69. The normalized spacial score (nSPS) is 11.4. The quantitative estimate of drug-likeness (QED) is 0.925. The van der Waals surface area contributed by atoms with Gasteiger partial charge in [-0.3, -0.25) is 9.48 Å². The Morgan fingerprint density at radius 2 is 2.10 bits per heavy atom. The molecule has 0 atom stereocenters. The molecular formula is C12H9ClF3N3O. The van der Waals surface area contributed by atoms with Crippen molar-refractivity contribution in [3.63, 3.8) is 0 Å². The van der Waals surface area contributed by atoms with Crippen molar-refractivity contribution in [1.82, 2.24) is 9.78 Å². The highest BCUT2D eigenvalue weighted by Crippen LogP contribution is 2.30. The minimum Gasteiger partial charge on any atom is -0.322 e. The maximum absolute atomic E-state index is 12.5. The topological polar surface area (TPSA) is 46.9 Å². The van der Waals surface area contributed by atoms with Gasteiger partial charge < -0.3 is 5.32 Å². The van der Waals surface area contributed by atoms with Gasteiger partial charge in [0.2, 0.25) is 0 Å². The molecule has 0 saturated heterocycles. The number of carbonyl (C=O) groups is 1. The molecule has 0 fully saturated rings. The van der Waals surface area contributed by atoms with Gasteiger partial charge in [-0.25, -0.2) is 0 Å². The molecule has 2 rings (SSSR count). The zero-order chi connectivity index (χ0) is 14.9. The molecule has 1 heterocycles. The zero-order valence-corrected chi connectivity index (χ0v) is 11.0. The second kappa shape index (κ2) is 5.16. The predicted octanol–water partition coefficient (Wildman–Crippen LogP) is 3.34. The van der Waals surface area contributed by atoms with Crippen LogP contribution in [0.4, 0.5) is 18.9 Å². The molecule has 0 aliphatic rings. The predicted molar refractivity (Wildman–Crippen MR) is 67.6 cm³/mol. The number of nitrogens with one attached hydrogen (secondary N) is 1. The molecule has 1 amide bonds. The number of hydrogen-bond acceptors (Lipinski definition) is 2. The Hall–Kier alpha value is -2.02. The van der Waals surface area contributed by atoms with Crippen molar-refractivity contribution in [2.45, 2.75) is 6.18 Å². The largest absolute Gasteiger partial charge is 0.416 e. The summed E-state index contributed by atoms with van der Waals surface area (Å²) in [6.07, 6.45) is -3.22. The van der Waals surface area contributed by atoms with Crippen LogP contribution >= 0.6 is 11.6 Å². The van der Waals surface area contributed by atoms with E-state index in [4.69, 9.17) is 11.6 Å². The average molecular weight is 304 g/mol. The Morgan fingerprint density at radius 1 is 1.40 bits per heavy atom. The zero-order valence-electron chi connectivity index (χ0n) is 10.2. The molecule has 8 heteroatoms. The molecule has 1 aromatic heterocycles. The van der Waals surface area contributed by atoms with Crippen molar-refractivity contribution >= 4 is 23.2 Å². The van der Waals surface area contributed by atoms with E-state index in [0.717, 1.165) is 12.1 Å². The second-order valence-corrected chi connectivity index (χ2v) is 4.36. The summed E-state index contributed by atoms with van der Waals surface area (Å²) in [5, 5.41) is 6.23. The first-order valence-electron chi connectivity index (χ1n) is 5.45. The first-order valence-corrected chi connectivity index (χ1v) is 5.83. The van der Waals surface area contributed by atoms with Crippen LogP contribution in [0.3, 0.4) is 0 Å².